The van der Waals surface area contributed by atoms with Gasteiger partial charge in [0, 0.05) is 0 Å². The van der Waals surface area contributed by atoms with E-state index in [1.165, 1.54) is 7.11 Å². The Hall–Kier alpha value is -1.49. The number of nitrogens with one attached hydrogen (secondary N) is 1. The Labute approximate surface area is 104 Å². The van der Waals surface area contributed by atoms with Gasteiger partial charge in [0.2, 0.25) is 0 Å². The summed E-state index contributed by atoms with van der Waals surface area (Å²) in [6.07, 6.45) is -0.113. The third-order valence-electron chi connectivity index (χ3n) is 2.36. The van der Waals surface area contributed by atoms with Crippen LogP contribution in [0.15, 0.2) is 24.3 Å². The summed E-state index contributed by atoms with van der Waals surface area (Å²) < 4.78 is 42.8. The van der Waals surface area contributed by atoms with Gasteiger partial charge >= 0.3 is 6.18 Å². The quantitative estimate of drug-likeness (QED) is 0.819. The first-order valence-electron chi connectivity index (χ1n) is 5.55. The van der Waals surface area contributed by atoms with Crippen LogP contribution in [0.5, 0.6) is 5.75 Å². The Morgan fingerprint density at radius 2 is 2.00 bits per heavy atom. The van der Waals surface area contributed by atoms with Gasteiger partial charge in [-0.2, -0.15) is 13.2 Å². The van der Waals surface area contributed by atoms with Gasteiger partial charge in [-0.15, -0.1) is 0 Å². The Morgan fingerprint density at radius 1 is 1.28 bits per heavy atom. The van der Waals surface area contributed by atoms with Crippen molar-refractivity contribution in [2.75, 3.05) is 20.7 Å². The summed E-state index contributed by atoms with van der Waals surface area (Å²) in [6, 6.07) is 3.68. The molecule has 0 heterocycles. The molecule has 0 saturated carbocycles. The maximum absolute atomic E-state index is 12.6. The van der Waals surface area contributed by atoms with Crippen LogP contribution in [0.25, 0.3) is 6.08 Å². The predicted octanol–water partition coefficient (Wildman–Crippen LogP) is 3.34. The molecular weight excluding hydrogens is 243 g/mol. The van der Waals surface area contributed by atoms with E-state index in [0.717, 1.165) is 25.1 Å². The molecule has 0 unspecified atom stereocenters. The SMILES string of the molecule is CNCCC=Cc1cc(OC)cc(C(F)(F)F)c1. The first-order valence-corrected chi connectivity index (χ1v) is 5.55. The first kappa shape index (κ1) is 14.6. The molecule has 0 radical (unpaired) electrons. The van der Waals surface area contributed by atoms with Crippen LogP contribution >= 0.6 is 0 Å². The van der Waals surface area contributed by atoms with Crippen molar-refractivity contribution in [2.24, 2.45) is 0 Å². The van der Waals surface area contributed by atoms with Crippen LogP contribution in [0.3, 0.4) is 0 Å². The van der Waals surface area contributed by atoms with Gasteiger partial charge in [-0.3, -0.25) is 0 Å². The highest BCUT2D eigenvalue weighted by molar-refractivity contribution is 5.54. The minimum Gasteiger partial charge on any atom is -0.497 e. The number of ether oxygens (including phenoxy) is 1. The molecule has 0 spiro atoms. The van der Waals surface area contributed by atoms with Crippen molar-refractivity contribution in [2.45, 2.75) is 12.6 Å². The van der Waals surface area contributed by atoms with Crippen molar-refractivity contribution in [3.63, 3.8) is 0 Å². The highest BCUT2D eigenvalue weighted by atomic mass is 19.4. The predicted molar refractivity (Wildman–Crippen MR) is 65.6 cm³/mol. The van der Waals surface area contributed by atoms with E-state index >= 15 is 0 Å². The zero-order valence-corrected chi connectivity index (χ0v) is 10.3. The molecule has 0 aliphatic rings. The lowest BCUT2D eigenvalue weighted by atomic mass is 10.1. The molecule has 1 aromatic rings. The second-order valence-corrected chi connectivity index (χ2v) is 3.79. The van der Waals surface area contributed by atoms with Crippen LogP contribution in [0, 0.1) is 0 Å². The number of hydrogen-bond donors (Lipinski definition) is 1. The number of methoxy groups -OCH3 is 1. The summed E-state index contributed by atoms with van der Waals surface area (Å²) in [7, 11) is 3.17. The van der Waals surface area contributed by atoms with E-state index in [-0.39, 0.29) is 5.75 Å². The fraction of sp³-hybridized carbons (Fsp3) is 0.385. The van der Waals surface area contributed by atoms with Crippen molar-refractivity contribution in [1.29, 1.82) is 0 Å². The van der Waals surface area contributed by atoms with E-state index in [4.69, 9.17) is 4.74 Å². The fourth-order valence-electron chi connectivity index (χ4n) is 1.45. The zero-order valence-electron chi connectivity index (χ0n) is 10.3. The Morgan fingerprint density at radius 3 is 2.56 bits per heavy atom. The van der Waals surface area contributed by atoms with E-state index in [2.05, 4.69) is 5.32 Å². The van der Waals surface area contributed by atoms with Gasteiger partial charge in [0.25, 0.3) is 0 Å². The lowest BCUT2D eigenvalue weighted by Crippen LogP contribution is -2.06. The Kier molecular flexibility index (Phi) is 5.22. The minimum absolute atomic E-state index is 0.207. The minimum atomic E-state index is -4.36. The average molecular weight is 259 g/mol. The maximum atomic E-state index is 12.6. The van der Waals surface area contributed by atoms with Crippen LogP contribution < -0.4 is 10.1 Å². The third kappa shape index (κ3) is 4.41. The van der Waals surface area contributed by atoms with Gasteiger partial charge in [-0.05, 0) is 43.8 Å². The lowest BCUT2D eigenvalue weighted by Gasteiger charge is -2.10. The van der Waals surface area contributed by atoms with Crippen LogP contribution in [-0.2, 0) is 6.18 Å². The molecule has 100 valence electrons. The number of halogens is 3. The molecule has 0 saturated heterocycles. The van der Waals surface area contributed by atoms with Crippen molar-refractivity contribution < 1.29 is 17.9 Å². The smallest absolute Gasteiger partial charge is 0.416 e. The maximum Gasteiger partial charge on any atom is 0.416 e. The monoisotopic (exact) mass is 259 g/mol. The highest BCUT2D eigenvalue weighted by Gasteiger charge is 2.31. The van der Waals surface area contributed by atoms with Gasteiger partial charge in [-0.25, -0.2) is 0 Å². The lowest BCUT2D eigenvalue weighted by molar-refractivity contribution is -0.137. The molecule has 5 heteroatoms. The molecule has 2 nitrogen and oxygen atoms in total. The summed E-state index contributed by atoms with van der Waals surface area (Å²) >= 11 is 0. The topological polar surface area (TPSA) is 21.3 Å². The number of benzene rings is 1. The molecule has 0 atom stereocenters. The molecule has 0 aliphatic heterocycles. The standard InChI is InChI=1S/C13H16F3NO/c1-17-6-4-3-5-10-7-11(13(14,15)16)9-12(8-10)18-2/h3,5,7-9,17H,4,6H2,1-2H3. The van der Waals surface area contributed by atoms with Crippen LogP contribution in [-0.4, -0.2) is 20.7 Å². The van der Waals surface area contributed by atoms with Crippen molar-refractivity contribution >= 4 is 6.08 Å². The van der Waals surface area contributed by atoms with Gasteiger partial charge in [-0.1, -0.05) is 12.2 Å². The summed E-state index contributed by atoms with van der Waals surface area (Å²) in [5, 5.41) is 2.96. The average Bonchev–Trinajstić information content (AvgIpc) is 2.33. The van der Waals surface area contributed by atoms with Gasteiger partial charge in [0.1, 0.15) is 5.75 Å². The fourth-order valence-corrected chi connectivity index (χ4v) is 1.45. The third-order valence-corrected chi connectivity index (χ3v) is 2.36. The van der Waals surface area contributed by atoms with E-state index in [1.807, 2.05) is 13.1 Å². The van der Waals surface area contributed by atoms with E-state index < -0.39 is 11.7 Å². The molecule has 1 N–H and O–H groups in total. The Bertz CT molecular complexity index is 413. The Balaban J connectivity index is 2.94. The molecule has 1 rings (SSSR count). The molecular formula is C13H16F3NO. The summed E-state index contributed by atoms with van der Waals surface area (Å²) in [5.41, 5.74) is -0.215. The van der Waals surface area contributed by atoms with Crippen molar-refractivity contribution in [3.8, 4) is 5.75 Å². The van der Waals surface area contributed by atoms with Gasteiger partial charge in [0.15, 0.2) is 0 Å². The van der Waals surface area contributed by atoms with Crippen LogP contribution in [0.2, 0.25) is 0 Å². The highest BCUT2D eigenvalue weighted by Crippen LogP contribution is 2.32. The molecule has 0 aromatic heterocycles. The van der Waals surface area contributed by atoms with Crippen LogP contribution in [0.1, 0.15) is 17.5 Å². The number of hydrogen-bond acceptors (Lipinski definition) is 2. The molecule has 1 aromatic carbocycles. The molecule has 18 heavy (non-hydrogen) atoms. The number of rotatable bonds is 5. The molecule has 0 aliphatic carbocycles. The first-order chi connectivity index (χ1) is 8.47. The van der Waals surface area contributed by atoms with E-state index in [1.54, 1.807) is 12.1 Å². The normalized spacial score (nSPS) is 12.1. The summed E-state index contributed by atoms with van der Waals surface area (Å²) in [4.78, 5) is 0. The zero-order chi connectivity index (χ0) is 13.6. The van der Waals surface area contributed by atoms with Crippen LogP contribution in [0.4, 0.5) is 13.2 Å². The van der Waals surface area contributed by atoms with E-state index in [9.17, 15) is 13.2 Å². The van der Waals surface area contributed by atoms with Crippen molar-refractivity contribution in [1.82, 2.24) is 5.32 Å². The number of alkyl halides is 3. The van der Waals surface area contributed by atoms with Gasteiger partial charge in [0.05, 0.1) is 12.7 Å². The van der Waals surface area contributed by atoms with E-state index in [0.29, 0.717) is 5.56 Å². The second kappa shape index (κ2) is 6.44. The van der Waals surface area contributed by atoms with Crippen molar-refractivity contribution in [3.05, 3.63) is 35.4 Å². The summed E-state index contributed by atoms with van der Waals surface area (Å²) in [6.45, 7) is 0.784. The molecule has 0 fully saturated rings. The second-order valence-electron chi connectivity index (χ2n) is 3.79. The molecule has 0 bridgehead atoms. The van der Waals surface area contributed by atoms with Gasteiger partial charge < -0.3 is 10.1 Å². The molecule has 0 amide bonds. The summed E-state index contributed by atoms with van der Waals surface area (Å²) in [5.74, 6) is 0.207. The largest absolute Gasteiger partial charge is 0.497 e.